The van der Waals surface area contributed by atoms with E-state index < -0.39 is 0 Å². The molecule has 1 heterocycles. The Morgan fingerprint density at radius 2 is 1.89 bits per heavy atom. The van der Waals surface area contributed by atoms with Gasteiger partial charge in [-0.15, -0.1) is 0 Å². The highest BCUT2D eigenvalue weighted by molar-refractivity contribution is 4.92. The standard InChI is InChI=1S/C16H30O2/c1-5-13-7-6-8-14(9-13)16(17)15-10(2)11(3)18-12(15)4/h10-17H,5-9H2,1-4H3. The first-order valence-corrected chi connectivity index (χ1v) is 7.88. The van der Waals surface area contributed by atoms with E-state index in [-0.39, 0.29) is 12.2 Å². The van der Waals surface area contributed by atoms with Crippen LogP contribution in [0, 0.1) is 23.7 Å². The van der Waals surface area contributed by atoms with Crippen LogP contribution in [0.1, 0.15) is 59.8 Å². The Labute approximate surface area is 112 Å². The van der Waals surface area contributed by atoms with Gasteiger partial charge >= 0.3 is 0 Å². The van der Waals surface area contributed by atoms with Gasteiger partial charge in [0.15, 0.2) is 0 Å². The summed E-state index contributed by atoms with van der Waals surface area (Å²) < 4.78 is 5.89. The molecule has 0 aromatic rings. The summed E-state index contributed by atoms with van der Waals surface area (Å²) in [4.78, 5) is 0. The highest BCUT2D eigenvalue weighted by atomic mass is 16.5. The van der Waals surface area contributed by atoms with E-state index in [1.165, 1.54) is 32.1 Å². The van der Waals surface area contributed by atoms with E-state index >= 15 is 0 Å². The SMILES string of the molecule is CCC1CCCC(C(O)C2C(C)OC(C)C2C)C1. The minimum Gasteiger partial charge on any atom is -0.392 e. The number of hydrogen-bond acceptors (Lipinski definition) is 2. The molecule has 1 aliphatic heterocycles. The van der Waals surface area contributed by atoms with Crippen LogP contribution < -0.4 is 0 Å². The van der Waals surface area contributed by atoms with Gasteiger partial charge in [-0.2, -0.15) is 0 Å². The van der Waals surface area contributed by atoms with Crippen LogP contribution in [0.3, 0.4) is 0 Å². The molecule has 106 valence electrons. The Hall–Kier alpha value is -0.0800. The third kappa shape index (κ3) is 2.75. The average molecular weight is 254 g/mol. The van der Waals surface area contributed by atoms with Gasteiger partial charge in [-0.3, -0.25) is 0 Å². The fourth-order valence-corrected chi connectivity index (χ4v) is 4.21. The van der Waals surface area contributed by atoms with Gasteiger partial charge in [0.1, 0.15) is 0 Å². The van der Waals surface area contributed by atoms with E-state index in [1.54, 1.807) is 0 Å². The summed E-state index contributed by atoms with van der Waals surface area (Å²) in [6.07, 6.45) is 6.72. The van der Waals surface area contributed by atoms with Crippen molar-refractivity contribution in [3.8, 4) is 0 Å². The summed E-state index contributed by atoms with van der Waals surface area (Å²) in [5, 5.41) is 10.8. The van der Waals surface area contributed by atoms with Crippen LogP contribution in [0.4, 0.5) is 0 Å². The molecular weight excluding hydrogens is 224 g/mol. The zero-order valence-electron chi connectivity index (χ0n) is 12.4. The van der Waals surface area contributed by atoms with Crippen molar-refractivity contribution in [2.24, 2.45) is 23.7 Å². The normalized spacial score (nSPS) is 47.2. The minimum atomic E-state index is -0.158. The second-order valence-electron chi connectivity index (χ2n) is 6.67. The molecule has 0 aromatic heterocycles. The second-order valence-corrected chi connectivity index (χ2v) is 6.67. The molecule has 2 aliphatic rings. The lowest BCUT2D eigenvalue weighted by Crippen LogP contribution is -2.38. The van der Waals surface area contributed by atoms with Crippen molar-refractivity contribution in [2.45, 2.75) is 78.1 Å². The predicted molar refractivity (Wildman–Crippen MR) is 74.4 cm³/mol. The van der Waals surface area contributed by atoms with Crippen LogP contribution in [0.5, 0.6) is 0 Å². The Kier molecular flexibility index (Phi) is 4.71. The largest absolute Gasteiger partial charge is 0.392 e. The van der Waals surface area contributed by atoms with E-state index in [1.807, 2.05) is 0 Å². The van der Waals surface area contributed by atoms with Gasteiger partial charge < -0.3 is 9.84 Å². The Bertz CT molecular complexity index is 266. The summed E-state index contributed by atoms with van der Waals surface area (Å²) in [6, 6.07) is 0. The van der Waals surface area contributed by atoms with E-state index in [0.29, 0.717) is 23.9 Å². The maximum Gasteiger partial charge on any atom is 0.0624 e. The minimum absolute atomic E-state index is 0.158. The summed E-state index contributed by atoms with van der Waals surface area (Å²) in [5.74, 6) is 2.16. The van der Waals surface area contributed by atoms with Crippen LogP contribution in [0.15, 0.2) is 0 Å². The van der Waals surface area contributed by atoms with Crippen molar-refractivity contribution >= 4 is 0 Å². The summed E-state index contributed by atoms with van der Waals surface area (Å²) in [6.45, 7) is 8.80. The van der Waals surface area contributed by atoms with Crippen LogP contribution in [0.2, 0.25) is 0 Å². The molecular formula is C16H30O2. The fourth-order valence-electron chi connectivity index (χ4n) is 4.21. The molecule has 0 radical (unpaired) electrons. The lowest BCUT2D eigenvalue weighted by atomic mass is 9.71. The molecule has 2 rings (SSSR count). The van der Waals surface area contributed by atoms with Crippen LogP contribution >= 0.6 is 0 Å². The van der Waals surface area contributed by atoms with E-state index in [9.17, 15) is 5.11 Å². The third-order valence-electron chi connectivity index (χ3n) is 5.60. The second kappa shape index (κ2) is 5.92. The molecule has 1 saturated heterocycles. The van der Waals surface area contributed by atoms with E-state index in [2.05, 4.69) is 27.7 Å². The highest BCUT2D eigenvalue weighted by Gasteiger charge is 2.44. The number of aliphatic hydroxyl groups excluding tert-OH is 1. The van der Waals surface area contributed by atoms with Crippen molar-refractivity contribution in [3.05, 3.63) is 0 Å². The monoisotopic (exact) mass is 254 g/mol. The smallest absolute Gasteiger partial charge is 0.0624 e. The maximum absolute atomic E-state index is 10.8. The Morgan fingerprint density at radius 3 is 2.44 bits per heavy atom. The van der Waals surface area contributed by atoms with E-state index in [0.717, 1.165) is 5.92 Å². The molecule has 2 fully saturated rings. The van der Waals surface area contributed by atoms with Gasteiger partial charge in [0.2, 0.25) is 0 Å². The average Bonchev–Trinajstić information content (AvgIpc) is 2.62. The first-order valence-electron chi connectivity index (χ1n) is 7.88. The lowest BCUT2D eigenvalue weighted by molar-refractivity contribution is -0.0164. The molecule has 1 N–H and O–H groups in total. The number of aliphatic hydroxyl groups is 1. The van der Waals surface area contributed by atoms with E-state index in [4.69, 9.17) is 4.74 Å². The molecule has 1 saturated carbocycles. The summed E-state index contributed by atoms with van der Waals surface area (Å²) >= 11 is 0. The summed E-state index contributed by atoms with van der Waals surface area (Å²) in [7, 11) is 0. The van der Waals surface area contributed by atoms with Crippen molar-refractivity contribution in [2.75, 3.05) is 0 Å². The van der Waals surface area contributed by atoms with Gasteiger partial charge in [-0.05, 0) is 44.4 Å². The Morgan fingerprint density at radius 1 is 1.17 bits per heavy atom. The van der Waals surface area contributed by atoms with Crippen molar-refractivity contribution < 1.29 is 9.84 Å². The van der Waals surface area contributed by atoms with Gasteiger partial charge in [0, 0.05) is 5.92 Å². The number of hydrogen-bond donors (Lipinski definition) is 1. The van der Waals surface area contributed by atoms with Crippen molar-refractivity contribution in [1.29, 1.82) is 0 Å². The molecule has 0 aromatic carbocycles. The van der Waals surface area contributed by atoms with Crippen LogP contribution in [-0.4, -0.2) is 23.4 Å². The van der Waals surface area contributed by atoms with Crippen LogP contribution in [-0.2, 0) is 4.74 Å². The molecule has 0 spiro atoms. The van der Waals surface area contributed by atoms with Crippen molar-refractivity contribution in [3.63, 3.8) is 0 Å². The highest BCUT2D eigenvalue weighted by Crippen LogP contribution is 2.41. The van der Waals surface area contributed by atoms with Crippen molar-refractivity contribution in [1.82, 2.24) is 0 Å². The molecule has 2 heteroatoms. The number of ether oxygens (including phenoxy) is 1. The first kappa shape index (κ1) is 14.3. The zero-order valence-corrected chi connectivity index (χ0v) is 12.4. The summed E-state index contributed by atoms with van der Waals surface area (Å²) in [5.41, 5.74) is 0. The molecule has 0 bridgehead atoms. The molecule has 7 atom stereocenters. The topological polar surface area (TPSA) is 29.5 Å². The van der Waals surface area contributed by atoms with Gasteiger partial charge in [-0.1, -0.05) is 33.1 Å². The first-order chi connectivity index (χ1) is 8.54. The molecule has 0 amide bonds. The maximum atomic E-state index is 10.8. The fraction of sp³-hybridized carbons (Fsp3) is 1.00. The van der Waals surface area contributed by atoms with Gasteiger partial charge in [0.25, 0.3) is 0 Å². The molecule has 1 aliphatic carbocycles. The van der Waals surface area contributed by atoms with Crippen LogP contribution in [0.25, 0.3) is 0 Å². The van der Waals surface area contributed by atoms with Gasteiger partial charge in [0.05, 0.1) is 18.3 Å². The number of rotatable bonds is 3. The quantitative estimate of drug-likeness (QED) is 0.833. The predicted octanol–water partition coefficient (Wildman–Crippen LogP) is 3.62. The molecule has 18 heavy (non-hydrogen) atoms. The zero-order chi connectivity index (χ0) is 13.3. The van der Waals surface area contributed by atoms with Gasteiger partial charge in [-0.25, -0.2) is 0 Å². The molecule has 2 nitrogen and oxygen atoms in total. The molecule has 7 unspecified atom stereocenters. The third-order valence-corrected chi connectivity index (χ3v) is 5.60. The lowest BCUT2D eigenvalue weighted by Gasteiger charge is -2.36. The Balaban J connectivity index is 1.99.